The number of hydrogen-bond donors (Lipinski definition) is 1. The molecule has 0 radical (unpaired) electrons. The van der Waals surface area contributed by atoms with Crippen molar-refractivity contribution in [3.05, 3.63) is 88.4 Å². The number of halogens is 1. The number of hydroxylamine groups is 2. The number of carbonyl (C=O) groups excluding carboxylic acids is 3. The SMILES string of the molecule is C[C@H](c1ccc(COc2cccc3c2CN(OC2CCC(=O)NC2=O)C3=O)cc1)N1CCN(c2ncc(C#N)cc2F)CC1. The minimum absolute atomic E-state index is 0.139. The highest BCUT2D eigenvalue weighted by atomic mass is 19.1. The van der Waals surface area contributed by atoms with Gasteiger partial charge in [-0.3, -0.25) is 29.4 Å². The van der Waals surface area contributed by atoms with Crippen molar-refractivity contribution in [1.29, 1.82) is 5.26 Å². The Morgan fingerprint density at radius 3 is 2.59 bits per heavy atom. The average Bonchev–Trinajstić information content (AvgIpc) is 3.36. The quantitative estimate of drug-likeness (QED) is 0.389. The molecule has 2 fully saturated rings. The summed E-state index contributed by atoms with van der Waals surface area (Å²) < 4.78 is 20.6. The molecule has 1 unspecified atom stereocenters. The molecule has 1 aromatic heterocycles. The molecule has 226 valence electrons. The number of imide groups is 1. The molecule has 4 heterocycles. The van der Waals surface area contributed by atoms with E-state index in [0.29, 0.717) is 36.6 Å². The van der Waals surface area contributed by atoms with E-state index in [0.717, 1.165) is 29.3 Å². The summed E-state index contributed by atoms with van der Waals surface area (Å²) in [6, 6.07) is 16.7. The first kappa shape index (κ1) is 29.2. The van der Waals surface area contributed by atoms with Crippen LogP contribution in [0.15, 0.2) is 54.7 Å². The number of nitrogens with one attached hydrogen (secondary N) is 1. The Bertz CT molecular complexity index is 1630. The van der Waals surface area contributed by atoms with Gasteiger partial charge in [0.25, 0.3) is 11.8 Å². The van der Waals surface area contributed by atoms with E-state index in [9.17, 15) is 18.8 Å². The van der Waals surface area contributed by atoms with Crippen LogP contribution in [0.25, 0.3) is 0 Å². The maximum absolute atomic E-state index is 14.4. The van der Waals surface area contributed by atoms with E-state index in [1.54, 1.807) is 18.2 Å². The molecule has 0 bridgehead atoms. The first-order valence-corrected chi connectivity index (χ1v) is 14.5. The Kier molecular flexibility index (Phi) is 8.23. The maximum atomic E-state index is 14.4. The molecule has 0 aliphatic carbocycles. The van der Waals surface area contributed by atoms with Crippen LogP contribution in [0.3, 0.4) is 0 Å². The van der Waals surface area contributed by atoms with Gasteiger partial charge in [-0.1, -0.05) is 30.3 Å². The summed E-state index contributed by atoms with van der Waals surface area (Å²) in [4.78, 5) is 50.6. The number of ether oxygens (including phenoxy) is 1. The van der Waals surface area contributed by atoms with Crippen LogP contribution >= 0.6 is 0 Å². The predicted molar refractivity (Wildman–Crippen MR) is 155 cm³/mol. The Hall–Kier alpha value is -4.86. The molecule has 11 nitrogen and oxygen atoms in total. The molecule has 3 aliphatic rings. The number of carbonyl (C=O) groups is 3. The predicted octanol–water partition coefficient (Wildman–Crippen LogP) is 3.25. The van der Waals surface area contributed by atoms with Crippen molar-refractivity contribution in [2.75, 3.05) is 31.1 Å². The summed E-state index contributed by atoms with van der Waals surface area (Å²) in [5.41, 5.74) is 3.46. The van der Waals surface area contributed by atoms with Crippen molar-refractivity contribution in [1.82, 2.24) is 20.3 Å². The highest BCUT2D eigenvalue weighted by molar-refractivity contribution is 6.00. The summed E-state index contributed by atoms with van der Waals surface area (Å²) in [7, 11) is 0. The molecule has 3 aliphatic heterocycles. The van der Waals surface area contributed by atoms with Gasteiger partial charge in [0.2, 0.25) is 5.91 Å². The zero-order valence-electron chi connectivity index (χ0n) is 24.2. The van der Waals surface area contributed by atoms with Crippen molar-refractivity contribution in [3.63, 3.8) is 0 Å². The molecule has 1 N–H and O–H groups in total. The van der Waals surface area contributed by atoms with Crippen LogP contribution in [0.4, 0.5) is 10.2 Å². The Morgan fingerprint density at radius 2 is 1.89 bits per heavy atom. The molecule has 3 aromatic rings. The molecule has 0 spiro atoms. The molecule has 2 saturated heterocycles. The first-order chi connectivity index (χ1) is 21.3. The molecule has 2 aromatic carbocycles. The number of amides is 3. The van der Waals surface area contributed by atoms with Gasteiger partial charge in [-0.25, -0.2) is 14.4 Å². The largest absolute Gasteiger partial charge is 0.489 e. The fourth-order valence-corrected chi connectivity index (χ4v) is 5.74. The number of hydrogen-bond acceptors (Lipinski definition) is 9. The molecular formula is C32H31FN6O5. The fourth-order valence-electron chi connectivity index (χ4n) is 5.74. The molecule has 0 saturated carbocycles. The number of rotatable bonds is 8. The van der Waals surface area contributed by atoms with Gasteiger partial charge in [-0.15, -0.1) is 0 Å². The number of piperidine rings is 1. The summed E-state index contributed by atoms with van der Waals surface area (Å²) in [6.45, 7) is 5.34. The number of piperazine rings is 1. The van der Waals surface area contributed by atoms with Crippen LogP contribution in [-0.4, -0.2) is 65.0 Å². The third kappa shape index (κ3) is 5.97. The van der Waals surface area contributed by atoms with Crippen molar-refractivity contribution in [3.8, 4) is 11.8 Å². The molecule has 12 heteroatoms. The highest BCUT2D eigenvalue weighted by Gasteiger charge is 2.36. The Morgan fingerprint density at radius 1 is 1.11 bits per heavy atom. The van der Waals surface area contributed by atoms with Crippen LogP contribution in [0.5, 0.6) is 5.75 Å². The topological polar surface area (TPSA) is 128 Å². The van der Waals surface area contributed by atoms with E-state index in [2.05, 4.69) is 34.3 Å². The molecular weight excluding hydrogens is 567 g/mol. The Labute approximate surface area is 253 Å². The zero-order valence-corrected chi connectivity index (χ0v) is 24.2. The molecule has 2 atom stereocenters. The van der Waals surface area contributed by atoms with Gasteiger partial charge in [-0.05, 0) is 42.7 Å². The lowest BCUT2D eigenvalue weighted by Gasteiger charge is -2.38. The summed E-state index contributed by atoms with van der Waals surface area (Å²) >= 11 is 0. The van der Waals surface area contributed by atoms with Gasteiger partial charge in [0, 0.05) is 50.4 Å². The highest BCUT2D eigenvalue weighted by Crippen LogP contribution is 2.33. The van der Waals surface area contributed by atoms with E-state index in [1.807, 2.05) is 23.1 Å². The second-order valence-corrected chi connectivity index (χ2v) is 11.0. The lowest BCUT2D eigenvalue weighted by atomic mass is 10.0. The monoisotopic (exact) mass is 598 g/mol. The maximum Gasteiger partial charge on any atom is 0.278 e. The van der Waals surface area contributed by atoms with Gasteiger partial charge >= 0.3 is 0 Å². The lowest BCUT2D eigenvalue weighted by molar-refractivity contribution is -0.183. The lowest BCUT2D eigenvalue weighted by Crippen LogP contribution is -2.47. The summed E-state index contributed by atoms with van der Waals surface area (Å²) in [5, 5.41) is 12.4. The van der Waals surface area contributed by atoms with Crippen molar-refractivity contribution in [2.45, 2.75) is 45.1 Å². The third-order valence-electron chi connectivity index (χ3n) is 8.30. The van der Waals surface area contributed by atoms with E-state index in [-0.39, 0.29) is 48.6 Å². The van der Waals surface area contributed by atoms with Gasteiger partial charge in [0.15, 0.2) is 17.7 Å². The fraction of sp³-hybridized carbons (Fsp3) is 0.344. The zero-order chi connectivity index (χ0) is 30.8. The minimum Gasteiger partial charge on any atom is -0.489 e. The number of aromatic nitrogens is 1. The second-order valence-electron chi connectivity index (χ2n) is 11.0. The van der Waals surface area contributed by atoms with Crippen molar-refractivity contribution >= 4 is 23.5 Å². The summed E-state index contributed by atoms with van der Waals surface area (Å²) in [6.07, 6.45) is 0.876. The van der Waals surface area contributed by atoms with E-state index in [4.69, 9.17) is 14.8 Å². The van der Waals surface area contributed by atoms with Crippen LogP contribution in [-0.2, 0) is 27.6 Å². The minimum atomic E-state index is -0.900. The number of benzene rings is 2. The molecule has 6 rings (SSSR count). The first-order valence-electron chi connectivity index (χ1n) is 14.5. The van der Waals surface area contributed by atoms with Crippen LogP contribution < -0.4 is 15.0 Å². The number of fused-ring (bicyclic) bond motifs is 1. The Balaban J connectivity index is 1.03. The number of pyridine rings is 1. The summed E-state index contributed by atoms with van der Waals surface area (Å²) in [5.74, 6) is -0.880. The van der Waals surface area contributed by atoms with Gasteiger partial charge < -0.3 is 9.64 Å². The van der Waals surface area contributed by atoms with Crippen LogP contribution in [0.2, 0.25) is 0 Å². The van der Waals surface area contributed by atoms with E-state index >= 15 is 0 Å². The second kappa shape index (κ2) is 12.4. The van der Waals surface area contributed by atoms with Gasteiger partial charge in [-0.2, -0.15) is 5.26 Å². The van der Waals surface area contributed by atoms with E-state index < -0.39 is 17.8 Å². The van der Waals surface area contributed by atoms with E-state index in [1.165, 1.54) is 12.3 Å². The number of nitrogens with zero attached hydrogens (tertiary/aromatic N) is 5. The number of nitriles is 1. The van der Waals surface area contributed by atoms with Crippen molar-refractivity contribution < 1.29 is 28.3 Å². The molecule has 44 heavy (non-hydrogen) atoms. The number of anilines is 1. The normalized spacial score (nSPS) is 19.4. The van der Waals surface area contributed by atoms with Gasteiger partial charge in [0.1, 0.15) is 18.4 Å². The van der Waals surface area contributed by atoms with Crippen molar-refractivity contribution in [2.24, 2.45) is 0 Å². The van der Waals surface area contributed by atoms with Crippen LogP contribution in [0.1, 0.15) is 58.4 Å². The average molecular weight is 599 g/mol. The van der Waals surface area contributed by atoms with Crippen LogP contribution in [0, 0.1) is 17.1 Å². The smallest absolute Gasteiger partial charge is 0.278 e. The standard InChI is InChI=1S/C32H31FN6O5/c1-20(37-11-13-38(14-12-37)30-26(33)15-22(16-34)17-35-30)23-7-5-21(6-8-23)19-43-27-4-2-3-24-25(27)18-39(32(24)42)44-28-9-10-29(40)36-31(28)41/h2-8,15,17,20,28H,9-14,18-19H2,1H3,(H,36,40,41)/t20-,28?/m1/s1. The third-order valence-corrected chi connectivity index (χ3v) is 8.30. The molecule has 3 amide bonds. The van der Waals surface area contributed by atoms with Gasteiger partial charge in [0.05, 0.1) is 17.7 Å².